The lowest BCUT2D eigenvalue weighted by Gasteiger charge is -2.13. The molecule has 1 aliphatic heterocycles. The minimum atomic E-state index is 0.104. The van der Waals surface area contributed by atoms with Crippen LogP contribution in [0.5, 0.6) is 11.5 Å². The summed E-state index contributed by atoms with van der Waals surface area (Å²) in [5.41, 5.74) is 1.15. The summed E-state index contributed by atoms with van der Waals surface area (Å²) in [6.45, 7) is 3.56. The van der Waals surface area contributed by atoms with Crippen molar-refractivity contribution in [1.82, 2.24) is 0 Å². The first-order chi connectivity index (χ1) is 8.72. The van der Waals surface area contributed by atoms with E-state index in [1.54, 1.807) is 0 Å². The molecule has 98 valence electrons. The molecular formula is C15H19ClO2. The minimum absolute atomic E-state index is 0.104. The van der Waals surface area contributed by atoms with Gasteiger partial charge in [-0.15, -0.1) is 11.6 Å². The molecule has 18 heavy (non-hydrogen) atoms. The number of rotatable bonds is 3. The van der Waals surface area contributed by atoms with E-state index < -0.39 is 0 Å². The molecule has 2 atom stereocenters. The fourth-order valence-corrected chi connectivity index (χ4v) is 2.63. The van der Waals surface area contributed by atoms with Crippen molar-refractivity contribution in [1.29, 1.82) is 0 Å². The summed E-state index contributed by atoms with van der Waals surface area (Å²) in [6, 6.07) is 6.11. The molecule has 0 bridgehead atoms. The second-order valence-electron chi connectivity index (χ2n) is 5.58. The van der Waals surface area contributed by atoms with E-state index >= 15 is 0 Å². The third-order valence-electron chi connectivity index (χ3n) is 3.61. The molecule has 0 radical (unpaired) electrons. The number of fused-ring (bicyclic) bond motifs is 1. The largest absolute Gasteiger partial charge is 0.489 e. The highest BCUT2D eigenvalue weighted by molar-refractivity contribution is 6.20. The van der Waals surface area contributed by atoms with Gasteiger partial charge in [-0.05, 0) is 30.0 Å². The van der Waals surface area contributed by atoms with E-state index in [4.69, 9.17) is 21.1 Å². The summed E-state index contributed by atoms with van der Waals surface area (Å²) in [5.74, 6) is 2.96. The van der Waals surface area contributed by atoms with Crippen molar-refractivity contribution in [3.05, 3.63) is 23.8 Å². The molecule has 1 aromatic rings. The smallest absolute Gasteiger partial charge is 0.161 e. The molecule has 1 fully saturated rings. The average molecular weight is 267 g/mol. The maximum Gasteiger partial charge on any atom is 0.161 e. The predicted octanol–water partition coefficient (Wildman–Crippen LogP) is 4.17. The molecular weight excluding hydrogens is 248 g/mol. The van der Waals surface area contributed by atoms with Crippen LogP contribution in [0.2, 0.25) is 0 Å². The summed E-state index contributed by atoms with van der Waals surface area (Å²) in [6.07, 6.45) is 3.76. The summed E-state index contributed by atoms with van der Waals surface area (Å²) >= 11 is 6.46. The maximum absolute atomic E-state index is 6.46. The zero-order valence-electron chi connectivity index (χ0n) is 10.7. The molecule has 1 heterocycles. The normalized spacial score (nSPS) is 24.4. The lowest BCUT2D eigenvalue weighted by Crippen LogP contribution is -2.12. The topological polar surface area (TPSA) is 18.5 Å². The number of hydrogen-bond donors (Lipinski definition) is 0. The highest BCUT2D eigenvalue weighted by Gasteiger charge is 2.26. The van der Waals surface area contributed by atoms with E-state index in [9.17, 15) is 0 Å². The zero-order valence-corrected chi connectivity index (χ0v) is 11.5. The van der Waals surface area contributed by atoms with Gasteiger partial charge in [-0.3, -0.25) is 0 Å². The van der Waals surface area contributed by atoms with E-state index in [0.29, 0.717) is 12.5 Å². The van der Waals surface area contributed by atoms with E-state index in [1.807, 2.05) is 12.1 Å². The number of benzene rings is 1. The fourth-order valence-electron chi connectivity index (χ4n) is 2.25. The van der Waals surface area contributed by atoms with Crippen LogP contribution in [0.1, 0.15) is 37.1 Å². The Hall–Kier alpha value is -0.890. The van der Waals surface area contributed by atoms with Crippen LogP contribution < -0.4 is 9.47 Å². The van der Waals surface area contributed by atoms with Crippen LogP contribution >= 0.6 is 11.6 Å². The Balaban J connectivity index is 1.76. The van der Waals surface area contributed by atoms with Crippen molar-refractivity contribution in [3.63, 3.8) is 0 Å². The first-order valence-corrected chi connectivity index (χ1v) is 7.19. The maximum atomic E-state index is 6.46. The van der Waals surface area contributed by atoms with E-state index in [-0.39, 0.29) is 5.38 Å². The third kappa shape index (κ3) is 2.74. The average Bonchev–Trinajstić information content (AvgIpc) is 3.18. The van der Waals surface area contributed by atoms with Gasteiger partial charge in [0, 0.05) is 5.92 Å². The van der Waals surface area contributed by atoms with Crippen LogP contribution in [-0.4, -0.2) is 13.2 Å². The van der Waals surface area contributed by atoms with E-state index in [0.717, 1.165) is 36.0 Å². The first kappa shape index (κ1) is 12.2. The van der Waals surface area contributed by atoms with Crippen LogP contribution in [0.25, 0.3) is 0 Å². The summed E-state index contributed by atoms with van der Waals surface area (Å²) < 4.78 is 11.5. The van der Waals surface area contributed by atoms with E-state index in [1.165, 1.54) is 12.8 Å². The quantitative estimate of drug-likeness (QED) is 0.765. The number of halogens is 1. The molecule has 1 saturated carbocycles. The van der Waals surface area contributed by atoms with Crippen molar-refractivity contribution in [2.45, 2.75) is 31.6 Å². The summed E-state index contributed by atoms with van der Waals surface area (Å²) in [4.78, 5) is 0. The number of alkyl halides is 1. The standard InChI is InChI=1S/C15H19ClO2/c1-10-8-17-14-5-4-12(7-15(14)18-9-10)13(16)6-11-2-3-11/h4-5,7,10-11,13H,2-3,6,8-9H2,1H3. The van der Waals surface area contributed by atoms with Gasteiger partial charge in [0.25, 0.3) is 0 Å². The third-order valence-corrected chi connectivity index (χ3v) is 4.04. The lowest BCUT2D eigenvalue weighted by molar-refractivity contribution is 0.228. The van der Waals surface area contributed by atoms with Gasteiger partial charge in [0.15, 0.2) is 11.5 Å². The van der Waals surface area contributed by atoms with Gasteiger partial charge in [0.1, 0.15) is 0 Å². The van der Waals surface area contributed by atoms with Gasteiger partial charge >= 0.3 is 0 Å². The Kier molecular flexibility index (Phi) is 3.38. The Morgan fingerprint density at radius 1 is 1.22 bits per heavy atom. The first-order valence-electron chi connectivity index (χ1n) is 6.76. The predicted molar refractivity (Wildman–Crippen MR) is 72.5 cm³/mol. The second kappa shape index (κ2) is 5.00. The van der Waals surface area contributed by atoms with Crippen LogP contribution in [0, 0.1) is 11.8 Å². The monoisotopic (exact) mass is 266 g/mol. The Morgan fingerprint density at radius 3 is 2.67 bits per heavy atom. The molecule has 3 heteroatoms. The Bertz CT molecular complexity index is 429. The number of ether oxygens (including phenoxy) is 2. The van der Waals surface area contributed by atoms with Crippen LogP contribution in [0.15, 0.2) is 18.2 Å². The Labute approximate surface area is 113 Å². The van der Waals surface area contributed by atoms with E-state index in [2.05, 4.69) is 13.0 Å². The summed E-state index contributed by atoms with van der Waals surface area (Å²) in [7, 11) is 0. The lowest BCUT2D eigenvalue weighted by atomic mass is 10.1. The van der Waals surface area contributed by atoms with Crippen molar-refractivity contribution in [3.8, 4) is 11.5 Å². The van der Waals surface area contributed by atoms with Gasteiger partial charge in [-0.1, -0.05) is 25.8 Å². The second-order valence-corrected chi connectivity index (χ2v) is 6.11. The molecule has 1 aromatic carbocycles. The van der Waals surface area contributed by atoms with Crippen LogP contribution in [0.4, 0.5) is 0 Å². The molecule has 0 aromatic heterocycles. The molecule has 2 nitrogen and oxygen atoms in total. The SMILES string of the molecule is CC1COc2ccc(C(Cl)CC3CC3)cc2OC1. The molecule has 0 N–H and O–H groups in total. The minimum Gasteiger partial charge on any atom is -0.489 e. The molecule has 1 aliphatic carbocycles. The summed E-state index contributed by atoms with van der Waals surface area (Å²) in [5, 5.41) is 0.104. The van der Waals surface area contributed by atoms with Crippen LogP contribution in [-0.2, 0) is 0 Å². The molecule has 0 spiro atoms. The van der Waals surface area contributed by atoms with Gasteiger partial charge in [0.2, 0.25) is 0 Å². The molecule has 2 aliphatic rings. The van der Waals surface area contributed by atoms with Crippen LogP contribution in [0.3, 0.4) is 0 Å². The van der Waals surface area contributed by atoms with Gasteiger partial charge in [-0.2, -0.15) is 0 Å². The zero-order chi connectivity index (χ0) is 12.5. The van der Waals surface area contributed by atoms with Crippen molar-refractivity contribution in [2.75, 3.05) is 13.2 Å². The van der Waals surface area contributed by atoms with Gasteiger partial charge in [-0.25, -0.2) is 0 Å². The van der Waals surface area contributed by atoms with Crippen molar-refractivity contribution >= 4 is 11.6 Å². The highest BCUT2D eigenvalue weighted by atomic mass is 35.5. The Morgan fingerprint density at radius 2 is 1.94 bits per heavy atom. The molecule has 2 unspecified atom stereocenters. The number of hydrogen-bond acceptors (Lipinski definition) is 2. The highest BCUT2D eigenvalue weighted by Crippen LogP contribution is 2.42. The van der Waals surface area contributed by atoms with Gasteiger partial charge < -0.3 is 9.47 Å². The molecule has 3 rings (SSSR count). The fraction of sp³-hybridized carbons (Fsp3) is 0.600. The van der Waals surface area contributed by atoms with Crippen molar-refractivity contribution in [2.24, 2.45) is 11.8 Å². The van der Waals surface area contributed by atoms with Crippen molar-refractivity contribution < 1.29 is 9.47 Å². The molecule has 0 amide bonds. The molecule has 0 saturated heterocycles. The van der Waals surface area contributed by atoms with Gasteiger partial charge in [0.05, 0.1) is 18.6 Å².